The van der Waals surface area contributed by atoms with Crippen molar-refractivity contribution in [2.24, 2.45) is 0 Å². The molecule has 2 nitrogen and oxygen atoms in total. The van der Waals surface area contributed by atoms with E-state index in [4.69, 9.17) is 0 Å². The zero-order valence-electron chi connectivity index (χ0n) is 7.52. The molecule has 1 aliphatic heterocycles. The third-order valence-corrected chi connectivity index (χ3v) is 9.83. The van der Waals surface area contributed by atoms with E-state index >= 15 is 0 Å². The van der Waals surface area contributed by atoms with Gasteiger partial charge in [-0.05, 0) is 29.0 Å². The van der Waals surface area contributed by atoms with Gasteiger partial charge in [0.1, 0.15) is 0 Å². The highest BCUT2D eigenvalue weighted by atomic mass is 127. The van der Waals surface area contributed by atoms with Crippen molar-refractivity contribution in [2.75, 3.05) is 5.75 Å². The molecule has 12 heavy (non-hydrogen) atoms. The third kappa shape index (κ3) is 1.93. The van der Waals surface area contributed by atoms with Crippen molar-refractivity contribution in [3.8, 4) is 0 Å². The number of rotatable bonds is 1. The summed E-state index contributed by atoms with van der Waals surface area (Å²) >= 11 is 2.18. The summed E-state index contributed by atoms with van der Waals surface area (Å²) in [5.74, 6) is 0.338. The molecule has 0 fully saturated rings. The van der Waals surface area contributed by atoms with E-state index in [0.717, 1.165) is 14.5 Å². The van der Waals surface area contributed by atoms with Crippen LogP contribution in [-0.2, 0) is 9.84 Å². The Morgan fingerprint density at radius 3 is 2.00 bits per heavy atom. The Balaban J connectivity index is 3.27. The molecule has 0 spiro atoms. The predicted molar refractivity (Wildman–Crippen MR) is 62.8 cm³/mol. The highest BCUT2D eigenvalue weighted by molar-refractivity contribution is 14.1. The van der Waals surface area contributed by atoms with Crippen LogP contribution in [0.3, 0.4) is 0 Å². The van der Waals surface area contributed by atoms with Crippen LogP contribution < -0.4 is 0 Å². The van der Waals surface area contributed by atoms with Crippen molar-refractivity contribution >= 4 is 40.5 Å². The molecule has 70 valence electrons. The van der Waals surface area contributed by atoms with E-state index in [1.807, 2.05) is 0 Å². The van der Waals surface area contributed by atoms with E-state index in [9.17, 15) is 8.42 Å². The second-order valence-electron chi connectivity index (χ2n) is 4.05. The van der Waals surface area contributed by atoms with E-state index in [1.165, 1.54) is 0 Å². The van der Waals surface area contributed by atoms with Crippen molar-refractivity contribution in [2.45, 2.75) is 26.1 Å². The Bertz CT molecular complexity index is 324. The molecule has 5 heteroatoms. The fraction of sp³-hybridized carbons (Fsp3) is 0.714. The molecule has 0 unspecified atom stereocenters. The van der Waals surface area contributed by atoms with Crippen LogP contribution in [0.2, 0.25) is 19.6 Å². The smallest absolute Gasteiger partial charge is 0.171 e. The lowest BCUT2D eigenvalue weighted by Crippen LogP contribution is -2.28. The van der Waals surface area contributed by atoms with Crippen LogP contribution in [-0.4, -0.2) is 22.2 Å². The van der Waals surface area contributed by atoms with Gasteiger partial charge in [-0.15, -0.1) is 0 Å². The van der Waals surface area contributed by atoms with Crippen LogP contribution in [0.1, 0.15) is 6.42 Å². The second-order valence-corrected chi connectivity index (χ2v) is 12.8. The van der Waals surface area contributed by atoms with Crippen LogP contribution in [0, 0.1) is 0 Å². The van der Waals surface area contributed by atoms with E-state index in [0.29, 0.717) is 5.75 Å². The molecule has 0 N–H and O–H groups in total. The van der Waals surface area contributed by atoms with Gasteiger partial charge in [0.15, 0.2) is 9.84 Å². The zero-order valence-corrected chi connectivity index (χ0v) is 11.5. The van der Waals surface area contributed by atoms with Gasteiger partial charge in [-0.2, -0.15) is 0 Å². The molecule has 0 aliphatic carbocycles. The maximum absolute atomic E-state index is 11.6. The van der Waals surface area contributed by atoms with Crippen LogP contribution >= 0.6 is 22.6 Å². The molecule has 0 atom stereocenters. The topological polar surface area (TPSA) is 34.1 Å². The summed E-state index contributed by atoms with van der Waals surface area (Å²) < 4.78 is 25.0. The number of hydrogen-bond acceptors (Lipinski definition) is 2. The first-order valence-electron chi connectivity index (χ1n) is 3.87. The average Bonchev–Trinajstić information content (AvgIpc) is 2.03. The zero-order chi connectivity index (χ0) is 9.57. The lowest BCUT2D eigenvalue weighted by Gasteiger charge is -2.17. The average molecular weight is 316 g/mol. The first-order valence-corrected chi connectivity index (χ1v) is 10.1. The molecule has 0 bridgehead atoms. The lowest BCUT2D eigenvalue weighted by atomic mass is 10.5. The quantitative estimate of drug-likeness (QED) is 0.550. The molecule has 0 aromatic heterocycles. The molecular formula is C7H13IO2SSi. The van der Waals surface area contributed by atoms with E-state index in [2.05, 4.69) is 42.2 Å². The molecule has 0 aromatic carbocycles. The van der Waals surface area contributed by atoms with Crippen molar-refractivity contribution in [3.63, 3.8) is 0 Å². The Morgan fingerprint density at radius 2 is 1.83 bits per heavy atom. The van der Waals surface area contributed by atoms with Gasteiger partial charge in [-0.25, -0.2) is 8.42 Å². The maximum Gasteiger partial charge on any atom is 0.171 e. The summed E-state index contributed by atoms with van der Waals surface area (Å²) in [5, 5.41) is 0. The summed E-state index contributed by atoms with van der Waals surface area (Å²) in [5.41, 5.74) is 0. The van der Waals surface area contributed by atoms with Crippen LogP contribution in [0.15, 0.2) is 8.11 Å². The Hall–Kier alpha value is 0.637. The van der Waals surface area contributed by atoms with E-state index in [1.54, 1.807) is 0 Å². The first kappa shape index (κ1) is 10.7. The largest absolute Gasteiger partial charge is 0.224 e. The SMILES string of the molecule is C[Si](C)(C)C1=C(I)CCS1(=O)=O. The molecule has 1 aliphatic rings. The van der Waals surface area contributed by atoms with E-state index < -0.39 is 17.9 Å². The summed E-state index contributed by atoms with van der Waals surface area (Å²) in [6.45, 7) is 6.26. The van der Waals surface area contributed by atoms with Crippen LogP contribution in [0.5, 0.6) is 0 Å². The Labute approximate surface area is 88.5 Å². The monoisotopic (exact) mass is 316 g/mol. The summed E-state index contributed by atoms with van der Waals surface area (Å²) in [6.07, 6.45) is 0.739. The van der Waals surface area contributed by atoms with Gasteiger partial charge in [0.05, 0.1) is 13.8 Å². The predicted octanol–water partition coefficient (Wildman–Crippen LogP) is 2.33. The number of halogens is 1. The first-order chi connectivity index (χ1) is 5.25. The minimum Gasteiger partial charge on any atom is -0.224 e. The highest BCUT2D eigenvalue weighted by Gasteiger charge is 2.37. The summed E-state index contributed by atoms with van der Waals surface area (Å²) in [6, 6.07) is 0. The summed E-state index contributed by atoms with van der Waals surface area (Å²) in [4.78, 5) is 0. The number of sulfone groups is 1. The van der Waals surface area contributed by atoms with Crippen molar-refractivity contribution < 1.29 is 8.42 Å². The molecule has 0 saturated carbocycles. The fourth-order valence-electron chi connectivity index (χ4n) is 1.48. The van der Waals surface area contributed by atoms with Gasteiger partial charge in [0, 0.05) is 8.11 Å². The lowest BCUT2D eigenvalue weighted by molar-refractivity contribution is 0.605. The van der Waals surface area contributed by atoms with Gasteiger partial charge in [0.2, 0.25) is 0 Å². The van der Waals surface area contributed by atoms with Gasteiger partial charge in [-0.1, -0.05) is 19.6 Å². The van der Waals surface area contributed by atoms with Crippen LogP contribution in [0.25, 0.3) is 0 Å². The minimum absolute atomic E-state index is 0.338. The fourth-order valence-corrected chi connectivity index (χ4v) is 11.6. The molecular weight excluding hydrogens is 303 g/mol. The second kappa shape index (κ2) is 3.09. The van der Waals surface area contributed by atoms with Crippen LogP contribution in [0.4, 0.5) is 0 Å². The summed E-state index contributed by atoms with van der Waals surface area (Å²) in [7, 11) is -4.50. The van der Waals surface area contributed by atoms with E-state index in [-0.39, 0.29) is 0 Å². The molecule has 1 heterocycles. The number of allylic oxidation sites excluding steroid dienone is 1. The van der Waals surface area contributed by atoms with Crippen molar-refractivity contribution in [3.05, 3.63) is 8.11 Å². The van der Waals surface area contributed by atoms with Gasteiger partial charge < -0.3 is 0 Å². The molecule has 1 rings (SSSR count). The minimum atomic E-state index is -2.86. The normalized spacial score (nSPS) is 23.3. The molecule has 0 saturated heterocycles. The maximum atomic E-state index is 11.6. The third-order valence-electron chi connectivity index (χ3n) is 1.83. The van der Waals surface area contributed by atoms with Gasteiger partial charge in [-0.3, -0.25) is 0 Å². The molecule has 0 radical (unpaired) electrons. The standard InChI is InChI=1S/C7H13IO2SSi/c1-12(2,3)7-6(8)4-5-11(7,9)10/h4-5H2,1-3H3. The Morgan fingerprint density at radius 1 is 1.33 bits per heavy atom. The van der Waals surface area contributed by atoms with Gasteiger partial charge in [0.25, 0.3) is 0 Å². The molecule has 0 aromatic rings. The Kier molecular flexibility index (Phi) is 2.76. The van der Waals surface area contributed by atoms with Crippen molar-refractivity contribution in [1.29, 1.82) is 0 Å². The number of hydrogen-bond donors (Lipinski definition) is 0. The molecule has 0 amide bonds. The van der Waals surface area contributed by atoms with Gasteiger partial charge >= 0.3 is 0 Å². The van der Waals surface area contributed by atoms with Crippen molar-refractivity contribution in [1.82, 2.24) is 0 Å². The highest BCUT2D eigenvalue weighted by Crippen LogP contribution is 2.36.